The molecule has 0 aromatic heterocycles. The van der Waals surface area contributed by atoms with Gasteiger partial charge in [0.15, 0.2) is 17.3 Å². The van der Waals surface area contributed by atoms with E-state index >= 15 is 0 Å². The van der Waals surface area contributed by atoms with E-state index in [0.717, 1.165) is 17.0 Å². The van der Waals surface area contributed by atoms with Crippen molar-refractivity contribution in [1.82, 2.24) is 0 Å². The van der Waals surface area contributed by atoms with Gasteiger partial charge in [0.2, 0.25) is 5.75 Å². The third-order valence-electron chi connectivity index (χ3n) is 4.55. The van der Waals surface area contributed by atoms with Gasteiger partial charge in [-0.25, -0.2) is 0 Å². The Balaban J connectivity index is 1.96. The summed E-state index contributed by atoms with van der Waals surface area (Å²) in [6.45, 7) is 2.76. The van der Waals surface area contributed by atoms with Crippen LogP contribution in [0.4, 0.5) is 5.69 Å². The number of carbonyl (C=O) groups is 1. The summed E-state index contributed by atoms with van der Waals surface area (Å²) in [5.74, 6) is 2.43. The molecule has 0 amide bonds. The van der Waals surface area contributed by atoms with Crippen molar-refractivity contribution in [3.63, 3.8) is 0 Å². The predicted octanol–water partition coefficient (Wildman–Crippen LogP) is 3.83. The number of fused-ring (bicyclic) bond motifs is 1. The highest BCUT2D eigenvalue weighted by Gasteiger charge is 2.20. The predicted molar refractivity (Wildman–Crippen MR) is 109 cm³/mol. The third kappa shape index (κ3) is 3.76. The Labute approximate surface area is 165 Å². The van der Waals surface area contributed by atoms with Gasteiger partial charge in [-0.3, -0.25) is 4.79 Å². The van der Waals surface area contributed by atoms with E-state index in [9.17, 15) is 4.79 Å². The van der Waals surface area contributed by atoms with Gasteiger partial charge in [-0.15, -0.1) is 0 Å². The fourth-order valence-electron chi connectivity index (χ4n) is 3.14. The molecule has 28 heavy (non-hydrogen) atoms. The quantitative estimate of drug-likeness (QED) is 0.558. The van der Waals surface area contributed by atoms with Crippen molar-refractivity contribution in [2.24, 2.45) is 0 Å². The molecule has 3 rings (SSSR count). The first-order valence-electron chi connectivity index (χ1n) is 9.01. The summed E-state index contributed by atoms with van der Waals surface area (Å²) >= 11 is 0. The van der Waals surface area contributed by atoms with Crippen LogP contribution in [0.1, 0.15) is 22.8 Å². The summed E-state index contributed by atoms with van der Waals surface area (Å²) in [6, 6.07) is 9.10. The molecule has 1 heterocycles. The summed E-state index contributed by atoms with van der Waals surface area (Å²) in [4.78, 5) is 14.9. The number of carbonyl (C=O) groups excluding carboxylic acids is 1. The van der Waals surface area contributed by atoms with Crippen molar-refractivity contribution in [2.75, 3.05) is 46.4 Å². The molecule has 0 N–H and O–H groups in total. The minimum absolute atomic E-state index is 0.0669. The molecule has 0 radical (unpaired) electrons. The van der Waals surface area contributed by atoms with Crippen molar-refractivity contribution < 1.29 is 23.7 Å². The molecule has 0 saturated heterocycles. The van der Waals surface area contributed by atoms with Crippen LogP contribution in [0.2, 0.25) is 0 Å². The molecule has 6 nitrogen and oxygen atoms in total. The maximum absolute atomic E-state index is 13.0. The second kappa shape index (κ2) is 8.25. The SMILES string of the molecule is COc1ccc(C(=O)C(C)=Cc2ccc3c(c2OC)OCCO3)cc1N(C)C. The third-order valence-corrected chi connectivity index (χ3v) is 4.55. The van der Waals surface area contributed by atoms with Crippen molar-refractivity contribution in [3.8, 4) is 23.0 Å². The average molecular weight is 383 g/mol. The van der Waals surface area contributed by atoms with E-state index in [0.29, 0.717) is 41.6 Å². The molecule has 0 bridgehead atoms. The van der Waals surface area contributed by atoms with Gasteiger partial charge in [0.1, 0.15) is 19.0 Å². The highest BCUT2D eigenvalue weighted by atomic mass is 16.6. The van der Waals surface area contributed by atoms with Crippen LogP contribution < -0.4 is 23.8 Å². The molecule has 2 aromatic rings. The fourth-order valence-corrected chi connectivity index (χ4v) is 3.14. The summed E-state index contributed by atoms with van der Waals surface area (Å²) in [5, 5.41) is 0. The number of ether oxygens (including phenoxy) is 4. The molecule has 0 spiro atoms. The molecule has 0 aliphatic carbocycles. The monoisotopic (exact) mass is 383 g/mol. The lowest BCUT2D eigenvalue weighted by atomic mass is 10.0. The summed E-state index contributed by atoms with van der Waals surface area (Å²) in [6.07, 6.45) is 1.80. The Morgan fingerprint density at radius 2 is 1.82 bits per heavy atom. The van der Waals surface area contributed by atoms with Crippen LogP contribution in [0.5, 0.6) is 23.0 Å². The number of benzene rings is 2. The van der Waals surface area contributed by atoms with E-state index < -0.39 is 0 Å². The topological polar surface area (TPSA) is 57.2 Å². The molecule has 0 unspecified atom stereocenters. The van der Waals surface area contributed by atoms with E-state index in [2.05, 4.69) is 0 Å². The van der Waals surface area contributed by atoms with E-state index in [4.69, 9.17) is 18.9 Å². The largest absolute Gasteiger partial charge is 0.495 e. The standard InChI is InChI=1S/C22H25NO5/c1-14(20(24)15-6-8-18(25-4)17(13-15)23(2)3)12-16-7-9-19-22(21(16)26-5)28-11-10-27-19/h6-9,12-13H,10-11H2,1-5H3. The second-order valence-corrected chi connectivity index (χ2v) is 6.65. The van der Waals surface area contributed by atoms with E-state index in [1.165, 1.54) is 0 Å². The minimum Gasteiger partial charge on any atom is -0.495 e. The molecule has 2 aromatic carbocycles. The highest BCUT2D eigenvalue weighted by Crippen LogP contribution is 2.42. The number of rotatable bonds is 6. The first-order chi connectivity index (χ1) is 13.5. The van der Waals surface area contributed by atoms with Crippen LogP contribution in [-0.2, 0) is 0 Å². The van der Waals surface area contributed by atoms with E-state index in [-0.39, 0.29) is 5.78 Å². The van der Waals surface area contributed by atoms with Crippen molar-refractivity contribution in [2.45, 2.75) is 6.92 Å². The minimum atomic E-state index is -0.0669. The van der Waals surface area contributed by atoms with Gasteiger partial charge in [-0.2, -0.15) is 0 Å². The Hall–Kier alpha value is -3.15. The summed E-state index contributed by atoms with van der Waals surface area (Å²) < 4.78 is 22.2. The van der Waals surface area contributed by atoms with Gasteiger partial charge in [0.05, 0.1) is 19.9 Å². The lowest BCUT2D eigenvalue weighted by Gasteiger charge is -2.21. The molecule has 0 saturated carbocycles. The van der Waals surface area contributed by atoms with Crippen molar-refractivity contribution >= 4 is 17.5 Å². The number of hydrogen-bond donors (Lipinski definition) is 0. The van der Waals surface area contributed by atoms with E-state index in [1.807, 2.05) is 37.2 Å². The number of anilines is 1. The van der Waals surface area contributed by atoms with Crippen LogP contribution in [-0.4, -0.2) is 47.3 Å². The lowest BCUT2D eigenvalue weighted by molar-refractivity contribution is 0.103. The normalized spacial score (nSPS) is 13.1. The van der Waals surface area contributed by atoms with Crippen molar-refractivity contribution in [1.29, 1.82) is 0 Å². The zero-order chi connectivity index (χ0) is 20.3. The molecule has 1 aliphatic heterocycles. The number of ketones is 1. The first-order valence-corrected chi connectivity index (χ1v) is 9.01. The zero-order valence-corrected chi connectivity index (χ0v) is 16.9. The van der Waals surface area contributed by atoms with Crippen LogP contribution in [0.25, 0.3) is 6.08 Å². The number of methoxy groups -OCH3 is 2. The second-order valence-electron chi connectivity index (χ2n) is 6.65. The molecule has 0 fully saturated rings. The van der Waals surface area contributed by atoms with Crippen LogP contribution in [0.15, 0.2) is 35.9 Å². The smallest absolute Gasteiger partial charge is 0.204 e. The molecule has 148 valence electrons. The van der Waals surface area contributed by atoms with Gasteiger partial charge >= 0.3 is 0 Å². The Bertz CT molecular complexity index is 917. The van der Waals surface area contributed by atoms with E-state index in [1.54, 1.807) is 39.4 Å². The van der Waals surface area contributed by atoms with Gasteiger partial charge in [0, 0.05) is 25.2 Å². The molecule has 6 heteroatoms. The number of nitrogens with zero attached hydrogens (tertiary/aromatic N) is 1. The maximum Gasteiger partial charge on any atom is 0.204 e. The summed E-state index contributed by atoms with van der Waals surface area (Å²) in [7, 11) is 7.02. The fraction of sp³-hybridized carbons (Fsp3) is 0.318. The van der Waals surface area contributed by atoms with Crippen LogP contribution >= 0.6 is 0 Å². The highest BCUT2D eigenvalue weighted by molar-refractivity contribution is 6.11. The maximum atomic E-state index is 13.0. The number of allylic oxidation sites excluding steroid dienone is 1. The molecular formula is C22H25NO5. The zero-order valence-electron chi connectivity index (χ0n) is 16.9. The van der Waals surface area contributed by atoms with Gasteiger partial charge in [0.25, 0.3) is 0 Å². The first kappa shape index (κ1) is 19.6. The summed E-state index contributed by atoms with van der Waals surface area (Å²) in [5.41, 5.74) is 2.79. The molecule has 0 atom stereocenters. The molecular weight excluding hydrogens is 358 g/mol. The number of Topliss-reactive ketones (excluding diaryl/α,β-unsaturated/α-hetero) is 1. The van der Waals surface area contributed by atoms with Gasteiger partial charge in [-0.05, 0) is 48.9 Å². The Morgan fingerprint density at radius 1 is 1.07 bits per heavy atom. The number of hydrogen-bond acceptors (Lipinski definition) is 6. The average Bonchev–Trinajstić information content (AvgIpc) is 2.72. The van der Waals surface area contributed by atoms with Crippen molar-refractivity contribution in [3.05, 3.63) is 47.0 Å². The van der Waals surface area contributed by atoms with Gasteiger partial charge < -0.3 is 23.8 Å². The van der Waals surface area contributed by atoms with Crippen LogP contribution in [0, 0.1) is 0 Å². The lowest BCUT2D eigenvalue weighted by Crippen LogP contribution is -2.16. The van der Waals surface area contributed by atoms with Gasteiger partial charge in [-0.1, -0.05) is 0 Å². The Kier molecular flexibility index (Phi) is 5.78. The Morgan fingerprint density at radius 3 is 2.50 bits per heavy atom. The molecule has 1 aliphatic rings. The van der Waals surface area contributed by atoms with Crippen LogP contribution in [0.3, 0.4) is 0 Å².